The SMILES string of the molecule is NC(=O)C1CCN(C(=O)c2cc3c(Cl)c(Cl)ccc3[nH]2)C1. The fourth-order valence-corrected chi connectivity index (χ4v) is 2.99. The van der Waals surface area contributed by atoms with Crippen molar-refractivity contribution in [1.82, 2.24) is 9.88 Å². The number of hydrogen-bond donors (Lipinski definition) is 2. The van der Waals surface area contributed by atoms with E-state index in [4.69, 9.17) is 28.9 Å². The number of nitrogens with two attached hydrogens (primary N) is 1. The molecule has 1 unspecified atom stereocenters. The summed E-state index contributed by atoms with van der Waals surface area (Å²) < 4.78 is 0. The molecule has 1 aliphatic heterocycles. The van der Waals surface area contributed by atoms with E-state index in [1.807, 2.05) is 0 Å². The number of halogens is 2. The number of nitrogens with zero attached hydrogens (tertiary/aromatic N) is 1. The summed E-state index contributed by atoms with van der Waals surface area (Å²) in [5.74, 6) is -0.796. The quantitative estimate of drug-likeness (QED) is 0.889. The molecule has 1 saturated heterocycles. The highest BCUT2D eigenvalue weighted by molar-refractivity contribution is 6.45. The van der Waals surface area contributed by atoms with Crippen LogP contribution in [0.15, 0.2) is 18.2 Å². The van der Waals surface area contributed by atoms with Gasteiger partial charge >= 0.3 is 0 Å². The van der Waals surface area contributed by atoms with Crippen LogP contribution in [0, 0.1) is 5.92 Å². The van der Waals surface area contributed by atoms with E-state index in [9.17, 15) is 9.59 Å². The largest absolute Gasteiger partial charge is 0.369 e. The summed E-state index contributed by atoms with van der Waals surface area (Å²) in [5, 5.41) is 1.57. The zero-order valence-electron chi connectivity index (χ0n) is 11.0. The number of carbonyl (C=O) groups excluding carboxylic acids is 2. The molecule has 21 heavy (non-hydrogen) atoms. The maximum Gasteiger partial charge on any atom is 0.270 e. The molecule has 1 aromatic carbocycles. The number of amides is 2. The zero-order chi connectivity index (χ0) is 15.1. The van der Waals surface area contributed by atoms with Crippen LogP contribution in [0.25, 0.3) is 10.9 Å². The second kappa shape index (κ2) is 5.24. The van der Waals surface area contributed by atoms with Crippen molar-refractivity contribution in [2.45, 2.75) is 6.42 Å². The van der Waals surface area contributed by atoms with Gasteiger partial charge in [-0.15, -0.1) is 0 Å². The zero-order valence-corrected chi connectivity index (χ0v) is 12.5. The van der Waals surface area contributed by atoms with E-state index in [0.717, 1.165) is 5.52 Å². The number of hydrogen-bond acceptors (Lipinski definition) is 2. The summed E-state index contributed by atoms with van der Waals surface area (Å²) in [6.45, 7) is 0.883. The maximum atomic E-state index is 12.4. The third-order valence-corrected chi connectivity index (χ3v) is 4.62. The van der Waals surface area contributed by atoms with Crippen molar-refractivity contribution in [2.24, 2.45) is 11.7 Å². The Morgan fingerprint density at radius 2 is 2.10 bits per heavy atom. The van der Waals surface area contributed by atoms with Gasteiger partial charge in [-0.2, -0.15) is 0 Å². The highest BCUT2D eigenvalue weighted by atomic mass is 35.5. The average molecular weight is 326 g/mol. The normalized spacial score (nSPS) is 18.4. The van der Waals surface area contributed by atoms with Crippen LogP contribution >= 0.6 is 23.2 Å². The maximum absolute atomic E-state index is 12.4. The summed E-state index contributed by atoms with van der Waals surface area (Å²) in [6.07, 6.45) is 0.605. The lowest BCUT2D eigenvalue weighted by Crippen LogP contribution is -2.31. The van der Waals surface area contributed by atoms with Crippen molar-refractivity contribution < 1.29 is 9.59 Å². The first-order valence-corrected chi connectivity index (χ1v) is 7.28. The highest BCUT2D eigenvalue weighted by Crippen LogP contribution is 2.31. The number of primary amides is 1. The Balaban J connectivity index is 1.89. The van der Waals surface area contributed by atoms with Crippen molar-refractivity contribution >= 4 is 45.9 Å². The molecular weight excluding hydrogens is 313 g/mol. The molecule has 5 nitrogen and oxygen atoms in total. The lowest BCUT2D eigenvalue weighted by Gasteiger charge is -2.14. The third kappa shape index (κ3) is 2.47. The first-order chi connectivity index (χ1) is 9.97. The number of benzene rings is 1. The Kier molecular flexibility index (Phi) is 3.55. The summed E-state index contributed by atoms with van der Waals surface area (Å²) >= 11 is 12.1. The van der Waals surface area contributed by atoms with Crippen LogP contribution in [0.3, 0.4) is 0 Å². The number of fused-ring (bicyclic) bond motifs is 1. The molecule has 0 saturated carbocycles. The molecule has 1 atom stereocenters. The number of likely N-dealkylation sites (tertiary alicyclic amines) is 1. The number of aromatic nitrogens is 1. The topological polar surface area (TPSA) is 79.2 Å². The van der Waals surface area contributed by atoms with Crippen LogP contribution in [0.2, 0.25) is 10.0 Å². The molecule has 1 fully saturated rings. The van der Waals surface area contributed by atoms with Gasteiger partial charge in [0, 0.05) is 24.0 Å². The lowest BCUT2D eigenvalue weighted by molar-refractivity contribution is -0.121. The van der Waals surface area contributed by atoms with Crippen molar-refractivity contribution in [3.63, 3.8) is 0 Å². The molecule has 0 bridgehead atoms. The van der Waals surface area contributed by atoms with E-state index in [-0.39, 0.29) is 17.7 Å². The Bertz CT molecular complexity index is 741. The summed E-state index contributed by atoms with van der Waals surface area (Å²) in [7, 11) is 0. The van der Waals surface area contributed by atoms with Gasteiger partial charge in [0.15, 0.2) is 0 Å². The van der Waals surface area contributed by atoms with Crippen molar-refractivity contribution in [3.8, 4) is 0 Å². The van der Waals surface area contributed by atoms with E-state index < -0.39 is 0 Å². The molecule has 110 valence electrons. The predicted molar refractivity (Wildman–Crippen MR) is 81.5 cm³/mol. The van der Waals surface area contributed by atoms with Gasteiger partial charge in [-0.25, -0.2) is 0 Å². The molecule has 7 heteroatoms. The number of H-pyrrole nitrogens is 1. The summed E-state index contributed by atoms with van der Waals surface area (Å²) in [4.78, 5) is 28.3. The Hall–Kier alpha value is -1.72. The van der Waals surface area contributed by atoms with E-state index >= 15 is 0 Å². The molecule has 2 heterocycles. The van der Waals surface area contributed by atoms with Crippen LogP contribution in [0.5, 0.6) is 0 Å². The van der Waals surface area contributed by atoms with Gasteiger partial charge in [0.25, 0.3) is 5.91 Å². The minimum Gasteiger partial charge on any atom is -0.369 e. The highest BCUT2D eigenvalue weighted by Gasteiger charge is 2.30. The number of nitrogens with one attached hydrogen (secondary N) is 1. The van der Waals surface area contributed by atoms with Crippen LogP contribution in [-0.2, 0) is 4.79 Å². The summed E-state index contributed by atoms with van der Waals surface area (Å²) in [5.41, 5.74) is 6.46. The van der Waals surface area contributed by atoms with Crippen molar-refractivity contribution in [2.75, 3.05) is 13.1 Å². The third-order valence-electron chi connectivity index (χ3n) is 3.80. The molecule has 1 aliphatic rings. The van der Waals surface area contributed by atoms with Crippen molar-refractivity contribution in [1.29, 1.82) is 0 Å². The van der Waals surface area contributed by atoms with Gasteiger partial charge in [0.05, 0.1) is 16.0 Å². The fraction of sp³-hybridized carbons (Fsp3) is 0.286. The first-order valence-electron chi connectivity index (χ1n) is 6.52. The van der Waals surface area contributed by atoms with Gasteiger partial charge < -0.3 is 15.6 Å². The fourth-order valence-electron chi connectivity index (χ4n) is 2.60. The second-order valence-electron chi connectivity index (χ2n) is 5.14. The molecule has 3 N–H and O–H groups in total. The smallest absolute Gasteiger partial charge is 0.270 e. The molecular formula is C14H13Cl2N3O2. The van der Waals surface area contributed by atoms with Crippen molar-refractivity contribution in [3.05, 3.63) is 33.9 Å². The average Bonchev–Trinajstić information content (AvgIpc) is 3.09. The van der Waals surface area contributed by atoms with E-state index in [1.54, 1.807) is 23.1 Å². The second-order valence-corrected chi connectivity index (χ2v) is 5.93. The van der Waals surface area contributed by atoms with Gasteiger partial charge in [-0.3, -0.25) is 9.59 Å². The van der Waals surface area contributed by atoms with Gasteiger partial charge in [0.2, 0.25) is 5.91 Å². The Morgan fingerprint density at radius 3 is 2.76 bits per heavy atom. The first kappa shape index (κ1) is 14.2. The van der Waals surface area contributed by atoms with Gasteiger partial charge in [0.1, 0.15) is 5.69 Å². The van der Waals surface area contributed by atoms with E-state index in [2.05, 4.69) is 4.98 Å². The summed E-state index contributed by atoms with van der Waals surface area (Å²) in [6, 6.07) is 5.13. The number of carbonyl (C=O) groups is 2. The molecule has 0 radical (unpaired) electrons. The minimum atomic E-state index is -0.364. The van der Waals surface area contributed by atoms with Crippen LogP contribution in [0.1, 0.15) is 16.9 Å². The monoisotopic (exact) mass is 325 g/mol. The molecule has 3 rings (SSSR count). The molecule has 2 amide bonds. The van der Waals surface area contributed by atoms with E-state index in [1.165, 1.54) is 0 Å². The number of aromatic amines is 1. The Morgan fingerprint density at radius 1 is 1.33 bits per heavy atom. The molecule has 0 spiro atoms. The molecule has 0 aliphatic carbocycles. The minimum absolute atomic E-state index is 0.165. The molecule has 2 aromatic rings. The Labute approximate surface area is 131 Å². The van der Waals surface area contributed by atoms with Crippen LogP contribution in [0.4, 0.5) is 0 Å². The van der Waals surface area contributed by atoms with Gasteiger partial charge in [-0.05, 0) is 24.6 Å². The van der Waals surface area contributed by atoms with Crippen LogP contribution in [-0.4, -0.2) is 34.8 Å². The molecule has 1 aromatic heterocycles. The lowest BCUT2D eigenvalue weighted by atomic mass is 10.1. The van der Waals surface area contributed by atoms with Gasteiger partial charge in [-0.1, -0.05) is 23.2 Å². The number of rotatable bonds is 2. The van der Waals surface area contributed by atoms with Crippen LogP contribution < -0.4 is 5.73 Å². The standard InChI is InChI=1S/C14H13Cl2N3O2/c15-9-1-2-10-8(12(9)16)5-11(18-10)14(21)19-4-3-7(6-19)13(17)20/h1-2,5,7,18H,3-4,6H2,(H2,17,20). The predicted octanol–water partition coefficient (Wildman–Crippen LogP) is 2.42. The van der Waals surface area contributed by atoms with E-state index in [0.29, 0.717) is 40.6 Å².